The molecule has 0 spiro atoms. The molecule has 1 fully saturated rings. The summed E-state index contributed by atoms with van der Waals surface area (Å²) < 4.78 is 46.3. The number of halogens is 3. The van der Waals surface area contributed by atoms with Crippen LogP contribution < -0.4 is 4.90 Å². The first-order chi connectivity index (χ1) is 14.6. The fourth-order valence-electron chi connectivity index (χ4n) is 4.38. The van der Waals surface area contributed by atoms with E-state index in [1.165, 1.54) is 12.1 Å². The van der Waals surface area contributed by atoms with Crippen LogP contribution in [0.4, 0.5) is 18.9 Å². The Morgan fingerprint density at radius 3 is 2.42 bits per heavy atom. The van der Waals surface area contributed by atoms with Crippen molar-refractivity contribution in [3.63, 3.8) is 0 Å². The number of hydrogen-bond donors (Lipinski definition) is 0. The fraction of sp³-hybridized carbons (Fsp3) is 0.522. The maximum absolute atomic E-state index is 13.0. The minimum Gasteiger partial charge on any atom is -0.383 e. The average molecular weight is 438 g/mol. The maximum atomic E-state index is 13.0. The number of ether oxygens (including phenoxy) is 1. The lowest BCUT2D eigenvalue weighted by molar-refractivity contribution is -0.137. The quantitative estimate of drug-likeness (QED) is 0.604. The molecular formula is C23H30F3N3O2. The number of ketones is 1. The highest BCUT2D eigenvalue weighted by Crippen LogP contribution is 2.32. The zero-order valence-electron chi connectivity index (χ0n) is 18.5. The van der Waals surface area contributed by atoms with Gasteiger partial charge in [0.25, 0.3) is 0 Å². The maximum Gasteiger partial charge on any atom is 0.416 e. The van der Waals surface area contributed by atoms with E-state index in [9.17, 15) is 18.0 Å². The Balaban J connectivity index is 1.62. The van der Waals surface area contributed by atoms with Gasteiger partial charge in [-0.25, -0.2) is 0 Å². The molecule has 3 rings (SSSR count). The largest absolute Gasteiger partial charge is 0.416 e. The molecule has 2 heterocycles. The molecule has 1 aromatic carbocycles. The van der Waals surface area contributed by atoms with Crippen molar-refractivity contribution in [3.05, 3.63) is 52.8 Å². The molecule has 5 nitrogen and oxygen atoms in total. The standard InChI is InChI=1S/C23H30F3N3O2/c1-16-12-21(18(3)29(16)17(2)15-31-4)22(30)14-27-8-10-28(11-9-27)20-7-5-6-19(13-20)23(24,25)26/h5-7,12-13,17H,8-11,14-15H2,1-4H3. The number of carbonyl (C=O) groups excluding carboxylic acids is 1. The van der Waals surface area contributed by atoms with E-state index in [-0.39, 0.29) is 11.8 Å². The number of nitrogens with zero attached hydrogens (tertiary/aromatic N) is 3. The van der Waals surface area contributed by atoms with Crippen LogP contribution in [0.15, 0.2) is 30.3 Å². The van der Waals surface area contributed by atoms with Gasteiger partial charge < -0.3 is 14.2 Å². The molecule has 0 radical (unpaired) electrons. The van der Waals surface area contributed by atoms with Gasteiger partial charge in [-0.3, -0.25) is 9.69 Å². The third-order valence-electron chi connectivity index (χ3n) is 5.91. The molecule has 0 amide bonds. The summed E-state index contributed by atoms with van der Waals surface area (Å²) in [5, 5.41) is 0. The van der Waals surface area contributed by atoms with Gasteiger partial charge in [-0.1, -0.05) is 6.07 Å². The number of rotatable bonds is 7. The van der Waals surface area contributed by atoms with E-state index in [0.29, 0.717) is 45.0 Å². The summed E-state index contributed by atoms with van der Waals surface area (Å²) in [6.45, 7) is 9.30. The average Bonchev–Trinajstić information content (AvgIpc) is 3.02. The fourth-order valence-corrected chi connectivity index (χ4v) is 4.38. The van der Waals surface area contributed by atoms with Gasteiger partial charge >= 0.3 is 6.18 Å². The smallest absolute Gasteiger partial charge is 0.383 e. The summed E-state index contributed by atoms with van der Waals surface area (Å²) in [4.78, 5) is 17.0. The summed E-state index contributed by atoms with van der Waals surface area (Å²) in [6, 6.07) is 7.49. The number of methoxy groups -OCH3 is 1. The minimum absolute atomic E-state index is 0.0662. The second kappa shape index (κ2) is 9.44. The van der Waals surface area contributed by atoms with Crippen LogP contribution in [0.2, 0.25) is 0 Å². The second-order valence-electron chi connectivity index (χ2n) is 8.19. The number of hydrogen-bond acceptors (Lipinski definition) is 4. The van der Waals surface area contributed by atoms with Gasteiger partial charge in [0.05, 0.1) is 24.8 Å². The number of carbonyl (C=O) groups is 1. The number of benzene rings is 1. The molecular weight excluding hydrogens is 407 g/mol. The van der Waals surface area contributed by atoms with Gasteiger partial charge in [0.2, 0.25) is 0 Å². The van der Waals surface area contributed by atoms with Crippen molar-refractivity contribution >= 4 is 11.5 Å². The lowest BCUT2D eigenvalue weighted by atomic mass is 10.1. The number of piperazine rings is 1. The molecule has 1 saturated heterocycles. The molecule has 0 bridgehead atoms. The van der Waals surface area contributed by atoms with Crippen LogP contribution in [0.3, 0.4) is 0 Å². The van der Waals surface area contributed by atoms with Crippen LogP contribution in [-0.4, -0.2) is 61.7 Å². The van der Waals surface area contributed by atoms with Gasteiger partial charge in [-0.15, -0.1) is 0 Å². The van der Waals surface area contributed by atoms with Crippen molar-refractivity contribution in [2.24, 2.45) is 0 Å². The topological polar surface area (TPSA) is 37.7 Å². The third-order valence-corrected chi connectivity index (χ3v) is 5.91. The van der Waals surface area contributed by atoms with Crippen LogP contribution in [-0.2, 0) is 10.9 Å². The van der Waals surface area contributed by atoms with Gasteiger partial charge in [0.1, 0.15) is 0 Å². The van der Waals surface area contributed by atoms with E-state index >= 15 is 0 Å². The van der Waals surface area contributed by atoms with Gasteiger partial charge in [-0.2, -0.15) is 13.2 Å². The number of aromatic nitrogens is 1. The molecule has 1 aliphatic heterocycles. The van der Waals surface area contributed by atoms with Crippen molar-refractivity contribution in [1.29, 1.82) is 0 Å². The molecule has 170 valence electrons. The molecule has 31 heavy (non-hydrogen) atoms. The van der Waals surface area contributed by atoms with Crippen molar-refractivity contribution < 1.29 is 22.7 Å². The highest BCUT2D eigenvalue weighted by atomic mass is 19.4. The highest BCUT2D eigenvalue weighted by Gasteiger charge is 2.31. The Morgan fingerprint density at radius 2 is 1.81 bits per heavy atom. The molecule has 2 aromatic rings. The summed E-state index contributed by atoms with van der Waals surface area (Å²) in [6.07, 6.45) is -4.35. The first-order valence-electron chi connectivity index (χ1n) is 10.5. The highest BCUT2D eigenvalue weighted by molar-refractivity contribution is 5.99. The molecule has 1 atom stereocenters. The minimum atomic E-state index is -4.35. The molecule has 1 aromatic heterocycles. The lowest BCUT2D eigenvalue weighted by Gasteiger charge is -2.36. The lowest BCUT2D eigenvalue weighted by Crippen LogP contribution is -2.48. The predicted molar refractivity (Wildman–Crippen MR) is 115 cm³/mol. The van der Waals surface area contributed by atoms with E-state index in [4.69, 9.17) is 4.74 Å². The Morgan fingerprint density at radius 1 is 1.13 bits per heavy atom. The number of aryl methyl sites for hydroxylation is 1. The third kappa shape index (κ3) is 5.30. The van der Waals surface area contributed by atoms with Gasteiger partial charge in [0.15, 0.2) is 5.78 Å². The molecule has 0 saturated carbocycles. The van der Waals surface area contributed by atoms with Crippen molar-refractivity contribution in [2.45, 2.75) is 33.0 Å². The predicted octanol–water partition coefficient (Wildman–Crippen LogP) is 4.34. The first kappa shape index (κ1) is 23.3. The molecule has 0 aliphatic carbocycles. The number of alkyl halides is 3. The molecule has 1 aliphatic rings. The monoisotopic (exact) mass is 437 g/mol. The molecule has 8 heteroatoms. The molecule has 0 N–H and O–H groups in total. The van der Waals surface area contributed by atoms with Crippen LogP contribution in [0.1, 0.15) is 40.3 Å². The van der Waals surface area contributed by atoms with Crippen LogP contribution >= 0.6 is 0 Å². The van der Waals surface area contributed by atoms with Crippen molar-refractivity contribution in [3.8, 4) is 0 Å². The second-order valence-corrected chi connectivity index (χ2v) is 8.19. The summed E-state index contributed by atoms with van der Waals surface area (Å²) >= 11 is 0. The summed E-state index contributed by atoms with van der Waals surface area (Å²) in [7, 11) is 1.66. The van der Waals surface area contributed by atoms with E-state index < -0.39 is 11.7 Å². The molecule has 1 unspecified atom stereocenters. The number of anilines is 1. The van der Waals surface area contributed by atoms with Gasteiger partial charge in [0, 0.05) is 55.9 Å². The van der Waals surface area contributed by atoms with Gasteiger partial charge in [-0.05, 0) is 45.0 Å². The Labute approximate surface area is 181 Å². The van der Waals surface area contributed by atoms with E-state index in [1.807, 2.05) is 24.8 Å². The van der Waals surface area contributed by atoms with E-state index in [2.05, 4.69) is 16.4 Å². The SMILES string of the molecule is COCC(C)n1c(C)cc(C(=O)CN2CCN(c3cccc(C(F)(F)F)c3)CC2)c1C. The zero-order chi connectivity index (χ0) is 22.8. The Hall–Kier alpha value is -2.32. The van der Waals surface area contributed by atoms with Crippen LogP contribution in [0.5, 0.6) is 0 Å². The number of Topliss-reactive ketones (excluding diaryl/α,β-unsaturated/α-hetero) is 1. The van der Waals surface area contributed by atoms with Crippen LogP contribution in [0.25, 0.3) is 0 Å². The normalized spacial score (nSPS) is 16.5. The first-order valence-corrected chi connectivity index (χ1v) is 10.5. The zero-order valence-corrected chi connectivity index (χ0v) is 18.5. The van der Waals surface area contributed by atoms with Crippen molar-refractivity contribution in [1.82, 2.24) is 9.47 Å². The van der Waals surface area contributed by atoms with Crippen molar-refractivity contribution in [2.75, 3.05) is 51.3 Å². The van der Waals surface area contributed by atoms with E-state index in [1.54, 1.807) is 13.2 Å². The Bertz CT molecular complexity index is 915. The summed E-state index contributed by atoms with van der Waals surface area (Å²) in [5.74, 6) is 0.0662. The Kier molecular flexibility index (Phi) is 7.11. The van der Waals surface area contributed by atoms with Crippen LogP contribution in [0, 0.1) is 13.8 Å². The summed E-state index contributed by atoms with van der Waals surface area (Å²) in [5.41, 5.74) is 2.62. The van der Waals surface area contributed by atoms with E-state index in [0.717, 1.165) is 23.0 Å².